The molecule has 0 bridgehead atoms. The Labute approximate surface area is 122 Å². The largest absolute Gasteiger partial charge is 0.480 e. The number of carbonyl (C=O) groups is 1. The standard InChI is InChI=1S/C16H30N2O2/c1-4-18(10-16(19)20)14-8-13(9-14)17-15-7-11(2)5-6-12(15)3/h11-15,17H,4-10H2,1-3H3,(H,19,20). The van der Waals surface area contributed by atoms with Gasteiger partial charge >= 0.3 is 5.97 Å². The zero-order chi connectivity index (χ0) is 14.7. The fourth-order valence-electron chi connectivity index (χ4n) is 3.76. The maximum absolute atomic E-state index is 10.8. The number of aliphatic carboxylic acids is 1. The number of hydrogen-bond donors (Lipinski definition) is 2. The lowest BCUT2D eigenvalue weighted by atomic mass is 9.77. The van der Waals surface area contributed by atoms with Gasteiger partial charge in [0.1, 0.15) is 0 Å². The quantitative estimate of drug-likeness (QED) is 0.785. The molecule has 2 aliphatic rings. The van der Waals surface area contributed by atoms with Gasteiger partial charge in [-0.2, -0.15) is 0 Å². The third kappa shape index (κ3) is 3.95. The van der Waals surface area contributed by atoms with E-state index in [2.05, 4.69) is 31.0 Å². The van der Waals surface area contributed by atoms with Gasteiger partial charge in [0.05, 0.1) is 6.54 Å². The van der Waals surface area contributed by atoms with Gasteiger partial charge in [-0.05, 0) is 44.1 Å². The molecule has 0 radical (unpaired) electrons. The summed E-state index contributed by atoms with van der Waals surface area (Å²) in [5, 5.41) is 12.7. The second kappa shape index (κ2) is 6.90. The molecule has 0 aliphatic heterocycles. The lowest BCUT2D eigenvalue weighted by Gasteiger charge is -2.45. The molecule has 0 saturated heterocycles. The molecule has 20 heavy (non-hydrogen) atoms. The van der Waals surface area contributed by atoms with E-state index in [0.717, 1.165) is 31.2 Å². The number of nitrogens with one attached hydrogen (secondary N) is 1. The summed E-state index contributed by atoms with van der Waals surface area (Å²) < 4.78 is 0. The van der Waals surface area contributed by atoms with Crippen LogP contribution in [0.25, 0.3) is 0 Å². The zero-order valence-electron chi connectivity index (χ0n) is 13.1. The van der Waals surface area contributed by atoms with Crippen molar-refractivity contribution in [3.63, 3.8) is 0 Å². The Bertz CT molecular complexity index is 328. The number of carboxylic acids is 1. The maximum Gasteiger partial charge on any atom is 0.317 e. The zero-order valence-corrected chi connectivity index (χ0v) is 13.1. The number of carboxylic acid groups (broad SMARTS) is 1. The highest BCUT2D eigenvalue weighted by atomic mass is 16.4. The minimum atomic E-state index is -0.710. The van der Waals surface area contributed by atoms with Gasteiger partial charge in [0.2, 0.25) is 0 Å². The van der Waals surface area contributed by atoms with Gasteiger partial charge in [-0.15, -0.1) is 0 Å². The van der Waals surface area contributed by atoms with E-state index in [4.69, 9.17) is 5.11 Å². The predicted octanol–water partition coefficient (Wildman–Crippen LogP) is 2.34. The average molecular weight is 282 g/mol. The molecule has 2 rings (SSSR count). The minimum absolute atomic E-state index is 0.185. The number of likely N-dealkylation sites (N-methyl/N-ethyl adjacent to an activating group) is 1. The van der Waals surface area contributed by atoms with E-state index in [0.29, 0.717) is 18.1 Å². The van der Waals surface area contributed by atoms with Crippen LogP contribution in [0.2, 0.25) is 0 Å². The molecule has 2 fully saturated rings. The van der Waals surface area contributed by atoms with Crippen molar-refractivity contribution in [3.8, 4) is 0 Å². The first-order valence-electron chi connectivity index (χ1n) is 8.21. The SMILES string of the molecule is CCN(CC(=O)O)C1CC(NC2CC(C)CCC2C)C1. The van der Waals surface area contributed by atoms with Crippen molar-refractivity contribution in [2.75, 3.05) is 13.1 Å². The highest BCUT2D eigenvalue weighted by Crippen LogP contribution is 2.32. The van der Waals surface area contributed by atoms with Gasteiger partial charge in [0.15, 0.2) is 0 Å². The highest BCUT2D eigenvalue weighted by Gasteiger charge is 2.36. The summed E-state index contributed by atoms with van der Waals surface area (Å²) in [6.45, 7) is 7.79. The summed E-state index contributed by atoms with van der Waals surface area (Å²) in [7, 11) is 0. The van der Waals surface area contributed by atoms with Crippen molar-refractivity contribution in [1.29, 1.82) is 0 Å². The lowest BCUT2D eigenvalue weighted by Crippen LogP contribution is -2.57. The second-order valence-electron chi connectivity index (χ2n) is 6.95. The molecule has 2 N–H and O–H groups in total. The Morgan fingerprint density at radius 2 is 1.95 bits per heavy atom. The molecule has 3 atom stereocenters. The van der Waals surface area contributed by atoms with E-state index in [1.165, 1.54) is 19.3 Å². The van der Waals surface area contributed by atoms with Crippen LogP contribution in [-0.4, -0.2) is 47.2 Å². The molecule has 4 nitrogen and oxygen atoms in total. The van der Waals surface area contributed by atoms with Crippen LogP contribution in [0.15, 0.2) is 0 Å². The van der Waals surface area contributed by atoms with Crippen LogP contribution in [0.4, 0.5) is 0 Å². The third-order valence-electron chi connectivity index (χ3n) is 5.28. The molecule has 4 heteroatoms. The molecule has 0 amide bonds. The van der Waals surface area contributed by atoms with E-state index in [1.807, 2.05) is 0 Å². The van der Waals surface area contributed by atoms with Gasteiger partial charge in [-0.3, -0.25) is 9.69 Å². The van der Waals surface area contributed by atoms with E-state index >= 15 is 0 Å². The second-order valence-corrected chi connectivity index (χ2v) is 6.95. The summed E-state index contributed by atoms with van der Waals surface area (Å²) >= 11 is 0. The van der Waals surface area contributed by atoms with E-state index in [9.17, 15) is 4.79 Å². The molecular weight excluding hydrogens is 252 g/mol. The Morgan fingerprint density at radius 3 is 2.55 bits per heavy atom. The summed E-state index contributed by atoms with van der Waals surface area (Å²) in [4.78, 5) is 12.9. The van der Waals surface area contributed by atoms with Crippen molar-refractivity contribution in [2.45, 2.75) is 71.0 Å². The third-order valence-corrected chi connectivity index (χ3v) is 5.28. The fraction of sp³-hybridized carbons (Fsp3) is 0.938. The maximum atomic E-state index is 10.8. The van der Waals surface area contributed by atoms with Crippen molar-refractivity contribution in [3.05, 3.63) is 0 Å². The van der Waals surface area contributed by atoms with E-state index < -0.39 is 5.97 Å². The summed E-state index contributed by atoms with van der Waals surface area (Å²) in [5.41, 5.74) is 0. The molecule has 0 aromatic carbocycles. The van der Waals surface area contributed by atoms with Gasteiger partial charge in [-0.25, -0.2) is 0 Å². The Hall–Kier alpha value is -0.610. The predicted molar refractivity (Wildman–Crippen MR) is 80.8 cm³/mol. The van der Waals surface area contributed by atoms with Crippen molar-refractivity contribution >= 4 is 5.97 Å². The van der Waals surface area contributed by atoms with Crippen LogP contribution in [0.3, 0.4) is 0 Å². The molecular formula is C16H30N2O2. The first-order chi connectivity index (χ1) is 9.49. The van der Waals surface area contributed by atoms with E-state index in [-0.39, 0.29) is 6.54 Å². The van der Waals surface area contributed by atoms with Crippen molar-refractivity contribution in [1.82, 2.24) is 10.2 Å². The van der Waals surface area contributed by atoms with Crippen LogP contribution < -0.4 is 5.32 Å². The van der Waals surface area contributed by atoms with Crippen LogP contribution in [-0.2, 0) is 4.79 Å². The van der Waals surface area contributed by atoms with Crippen LogP contribution in [0, 0.1) is 11.8 Å². The van der Waals surface area contributed by atoms with Crippen molar-refractivity contribution in [2.24, 2.45) is 11.8 Å². The van der Waals surface area contributed by atoms with Gasteiger partial charge in [0, 0.05) is 18.1 Å². The molecule has 116 valence electrons. The summed E-state index contributed by atoms with van der Waals surface area (Å²) in [6.07, 6.45) is 6.23. The van der Waals surface area contributed by atoms with Crippen LogP contribution in [0.5, 0.6) is 0 Å². The Morgan fingerprint density at radius 1 is 1.25 bits per heavy atom. The van der Waals surface area contributed by atoms with Crippen LogP contribution in [0.1, 0.15) is 52.9 Å². The topological polar surface area (TPSA) is 52.6 Å². The smallest absolute Gasteiger partial charge is 0.317 e. The van der Waals surface area contributed by atoms with Gasteiger partial charge in [-0.1, -0.05) is 27.2 Å². The molecule has 2 aliphatic carbocycles. The average Bonchev–Trinajstić information content (AvgIpc) is 2.34. The molecule has 0 heterocycles. The summed E-state index contributed by atoms with van der Waals surface area (Å²) in [6, 6.07) is 1.73. The Kier molecular flexibility index (Phi) is 5.44. The minimum Gasteiger partial charge on any atom is -0.480 e. The van der Waals surface area contributed by atoms with E-state index in [1.54, 1.807) is 0 Å². The number of rotatable bonds is 6. The van der Waals surface area contributed by atoms with Crippen LogP contribution >= 0.6 is 0 Å². The van der Waals surface area contributed by atoms with Crippen molar-refractivity contribution < 1.29 is 9.90 Å². The van der Waals surface area contributed by atoms with Gasteiger partial charge < -0.3 is 10.4 Å². The Balaban J connectivity index is 1.74. The summed E-state index contributed by atoms with van der Waals surface area (Å²) in [5.74, 6) is 0.920. The lowest BCUT2D eigenvalue weighted by molar-refractivity contribution is -0.139. The fourth-order valence-corrected chi connectivity index (χ4v) is 3.76. The highest BCUT2D eigenvalue weighted by molar-refractivity contribution is 5.69. The van der Waals surface area contributed by atoms with Gasteiger partial charge in [0.25, 0.3) is 0 Å². The number of hydrogen-bond acceptors (Lipinski definition) is 3. The molecule has 3 unspecified atom stereocenters. The number of nitrogens with zero attached hydrogens (tertiary/aromatic N) is 1. The monoisotopic (exact) mass is 282 g/mol. The first-order valence-corrected chi connectivity index (χ1v) is 8.21. The first kappa shape index (κ1) is 15.8. The molecule has 0 spiro atoms. The normalized spacial score (nSPS) is 37.7. The molecule has 2 saturated carbocycles. The molecule has 0 aromatic rings. The molecule has 0 aromatic heterocycles.